The molecule has 0 radical (unpaired) electrons. The molecule has 0 aromatic carbocycles. The van der Waals surface area contributed by atoms with Gasteiger partial charge in [-0.25, -0.2) is 0 Å². The lowest BCUT2D eigenvalue weighted by Crippen LogP contribution is -2.32. The van der Waals surface area contributed by atoms with E-state index in [1.165, 1.54) is 25.7 Å². The predicted octanol–water partition coefficient (Wildman–Crippen LogP) is 3.63. The van der Waals surface area contributed by atoms with Gasteiger partial charge in [0.15, 0.2) is 0 Å². The molecule has 0 bridgehead atoms. The molecule has 0 spiro atoms. The Bertz CT molecular complexity index is 126. The lowest BCUT2D eigenvalue weighted by atomic mass is 9.78. The summed E-state index contributed by atoms with van der Waals surface area (Å²) >= 11 is 0. The maximum absolute atomic E-state index is 5.97. The van der Waals surface area contributed by atoms with Crippen molar-refractivity contribution >= 4 is 0 Å². The molecule has 1 saturated carbocycles. The molecule has 0 N–H and O–H groups in total. The van der Waals surface area contributed by atoms with Crippen LogP contribution in [0.5, 0.6) is 0 Å². The SMILES string of the molecule is CC(C)C[C@@H](OC(C)C)C1CCC1. The highest BCUT2D eigenvalue weighted by Crippen LogP contribution is 2.34. The van der Waals surface area contributed by atoms with Gasteiger partial charge >= 0.3 is 0 Å². The Morgan fingerprint density at radius 1 is 1.15 bits per heavy atom. The zero-order chi connectivity index (χ0) is 9.84. The maximum Gasteiger partial charge on any atom is 0.0609 e. The first-order chi connectivity index (χ1) is 6.09. The van der Waals surface area contributed by atoms with Crippen molar-refractivity contribution in [1.29, 1.82) is 0 Å². The van der Waals surface area contributed by atoms with E-state index in [0.29, 0.717) is 12.2 Å². The zero-order valence-electron chi connectivity index (χ0n) is 9.55. The van der Waals surface area contributed by atoms with Gasteiger partial charge in [0.2, 0.25) is 0 Å². The number of rotatable bonds is 5. The fourth-order valence-electron chi connectivity index (χ4n) is 1.98. The first-order valence-electron chi connectivity index (χ1n) is 5.75. The van der Waals surface area contributed by atoms with E-state index in [0.717, 1.165) is 11.8 Å². The fourth-order valence-corrected chi connectivity index (χ4v) is 1.98. The average molecular weight is 184 g/mol. The predicted molar refractivity (Wildman–Crippen MR) is 56.8 cm³/mol. The van der Waals surface area contributed by atoms with Gasteiger partial charge < -0.3 is 4.74 Å². The highest BCUT2D eigenvalue weighted by molar-refractivity contribution is 4.79. The van der Waals surface area contributed by atoms with E-state index in [9.17, 15) is 0 Å². The van der Waals surface area contributed by atoms with Crippen LogP contribution in [-0.2, 0) is 4.74 Å². The molecule has 1 atom stereocenters. The van der Waals surface area contributed by atoms with Crippen molar-refractivity contribution in [3.05, 3.63) is 0 Å². The summed E-state index contributed by atoms with van der Waals surface area (Å²) in [6.45, 7) is 8.86. The smallest absolute Gasteiger partial charge is 0.0609 e. The molecule has 1 aliphatic rings. The van der Waals surface area contributed by atoms with Gasteiger partial charge in [0, 0.05) is 0 Å². The summed E-state index contributed by atoms with van der Waals surface area (Å²) in [4.78, 5) is 0. The fraction of sp³-hybridized carbons (Fsp3) is 1.00. The third kappa shape index (κ3) is 3.68. The van der Waals surface area contributed by atoms with Crippen LogP contribution in [0.15, 0.2) is 0 Å². The van der Waals surface area contributed by atoms with Crippen LogP contribution < -0.4 is 0 Å². The Morgan fingerprint density at radius 3 is 2.08 bits per heavy atom. The second kappa shape index (κ2) is 4.99. The van der Waals surface area contributed by atoms with E-state index in [4.69, 9.17) is 4.74 Å². The highest BCUT2D eigenvalue weighted by Gasteiger charge is 2.28. The molecule has 1 nitrogen and oxygen atoms in total. The Kier molecular flexibility index (Phi) is 4.24. The Labute approximate surface area is 82.9 Å². The highest BCUT2D eigenvalue weighted by atomic mass is 16.5. The summed E-state index contributed by atoms with van der Waals surface area (Å²) in [5.74, 6) is 1.63. The van der Waals surface area contributed by atoms with E-state index in [2.05, 4.69) is 27.7 Å². The van der Waals surface area contributed by atoms with E-state index in [1.54, 1.807) is 0 Å². The molecule has 0 aromatic rings. The summed E-state index contributed by atoms with van der Waals surface area (Å²) in [6, 6.07) is 0. The Morgan fingerprint density at radius 2 is 1.77 bits per heavy atom. The van der Waals surface area contributed by atoms with Crippen LogP contribution in [0.3, 0.4) is 0 Å². The lowest BCUT2D eigenvalue weighted by molar-refractivity contribution is -0.0566. The minimum absolute atomic E-state index is 0.393. The third-order valence-electron chi connectivity index (χ3n) is 2.83. The monoisotopic (exact) mass is 184 g/mol. The third-order valence-corrected chi connectivity index (χ3v) is 2.83. The van der Waals surface area contributed by atoms with Crippen LogP contribution in [0.2, 0.25) is 0 Å². The molecule has 1 fully saturated rings. The van der Waals surface area contributed by atoms with Crippen LogP contribution in [-0.4, -0.2) is 12.2 Å². The minimum Gasteiger partial charge on any atom is -0.375 e. The topological polar surface area (TPSA) is 9.23 Å². The van der Waals surface area contributed by atoms with Crippen LogP contribution in [0.4, 0.5) is 0 Å². The summed E-state index contributed by atoms with van der Waals surface area (Å²) in [5.41, 5.74) is 0. The number of hydrogen-bond donors (Lipinski definition) is 0. The van der Waals surface area contributed by atoms with Gasteiger partial charge in [-0.3, -0.25) is 0 Å². The summed E-state index contributed by atoms with van der Waals surface area (Å²) in [6.07, 6.45) is 6.37. The van der Waals surface area contributed by atoms with Crippen LogP contribution in [0.1, 0.15) is 53.4 Å². The average Bonchev–Trinajstić information content (AvgIpc) is 1.78. The van der Waals surface area contributed by atoms with Crippen molar-refractivity contribution in [2.45, 2.75) is 65.6 Å². The van der Waals surface area contributed by atoms with E-state index < -0.39 is 0 Å². The molecule has 0 amide bonds. The van der Waals surface area contributed by atoms with Gasteiger partial charge in [-0.2, -0.15) is 0 Å². The molecule has 1 heteroatoms. The molecule has 0 aliphatic heterocycles. The summed E-state index contributed by atoms with van der Waals surface area (Å²) < 4.78 is 5.97. The Hall–Kier alpha value is -0.0400. The normalized spacial score (nSPS) is 20.8. The molecule has 0 unspecified atom stereocenters. The second-order valence-corrected chi connectivity index (χ2v) is 5.04. The molecular weight excluding hydrogens is 160 g/mol. The molecule has 1 rings (SSSR count). The summed E-state index contributed by atoms with van der Waals surface area (Å²) in [5, 5.41) is 0. The second-order valence-electron chi connectivity index (χ2n) is 5.04. The van der Waals surface area contributed by atoms with Gasteiger partial charge in [-0.1, -0.05) is 20.3 Å². The van der Waals surface area contributed by atoms with E-state index in [-0.39, 0.29) is 0 Å². The van der Waals surface area contributed by atoms with Crippen molar-refractivity contribution in [2.75, 3.05) is 0 Å². The first kappa shape index (κ1) is 11.0. The molecule has 0 saturated heterocycles. The van der Waals surface area contributed by atoms with Crippen LogP contribution in [0, 0.1) is 11.8 Å². The number of ether oxygens (including phenoxy) is 1. The quantitative estimate of drug-likeness (QED) is 0.634. The Balaban J connectivity index is 2.33. The van der Waals surface area contributed by atoms with Crippen molar-refractivity contribution < 1.29 is 4.74 Å². The van der Waals surface area contributed by atoms with E-state index >= 15 is 0 Å². The van der Waals surface area contributed by atoms with Crippen LogP contribution in [0.25, 0.3) is 0 Å². The summed E-state index contributed by atoms with van der Waals surface area (Å²) in [7, 11) is 0. The van der Waals surface area contributed by atoms with Crippen molar-refractivity contribution in [3.8, 4) is 0 Å². The van der Waals surface area contributed by atoms with Gasteiger partial charge in [-0.15, -0.1) is 0 Å². The van der Waals surface area contributed by atoms with Gasteiger partial charge in [0.05, 0.1) is 12.2 Å². The molecule has 0 heterocycles. The molecule has 78 valence electrons. The zero-order valence-corrected chi connectivity index (χ0v) is 9.55. The standard InChI is InChI=1S/C12H24O/c1-9(2)8-12(13-10(3)4)11-6-5-7-11/h9-12H,5-8H2,1-4H3/t12-/m1/s1. The lowest BCUT2D eigenvalue weighted by Gasteiger charge is -2.35. The van der Waals surface area contributed by atoms with Gasteiger partial charge in [0.1, 0.15) is 0 Å². The van der Waals surface area contributed by atoms with Crippen molar-refractivity contribution in [1.82, 2.24) is 0 Å². The molecule has 13 heavy (non-hydrogen) atoms. The van der Waals surface area contributed by atoms with E-state index in [1.807, 2.05) is 0 Å². The molecule has 0 aromatic heterocycles. The van der Waals surface area contributed by atoms with Gasteiger partial charge in [-0.05, 0) is 44.9 Å². The largest absolute Gasteiger partial charge is 0.375 e. The van der Waals surface area contributed by atoms with Gasteiger partial charge in [0.25, 0.3) is 0 Å². The van der Waals surface area contributed by atoms with Crippen LogP contribution >= 0.6 is 0 Å². The molecular formula is C12H24O. The number of hydrogen-bond acceptors (Lipinski definition) is 1. The maximum atomic E-state index is 5.97. The van der Waals surface area contributed by atoms with Crippen molar-refractivity contribution in [3.63, 3.8) is 0 Å². The van der Waals surface area contributed by atoms with Crippen molar-refractivity contribution in [2.24, 2.45) is 11.8 Å². The molecule has 1 aliphatic carbocycles. The minimum atomic E-state index is 0.393. The first-order valence-corrected chi connectivity index (χ1v) is 5.75.